The molecule has 0 aliphatic rings. The summed E-state index contributed by atoms with van der Waals surface area (Å²) in [6, 6.07) is 31.6. The van der Waals surface area contributed by atoms with Gasteiger partial charge < -0.3 is 8.98 Å². The summed E-state index contributed by atoms with van der Waals surface area (Å²) in [6.45, 7) is 0.665. The fourth-order valence-corrected chi connectivity index (χ4v) is 4.33. The molecule has 0 N–H and O–H groups in total. The van der Waals surface area contributed by atoms with Crippen LogP contribution in [-0.4, -0.2) is 4.57 Å². The molecule has 0 saturated carbocycles. The molecular weight excluding hydrogens is 366 g/mol. The summed E-state index contributed by atoms with van der Waals surface area (Å²) in [5.74, 6) is 6.73. The third-order valence-electron chi connectivity index (χ3n) is 5.77. The average molecular weight is 385 g/mol. The van der Waals surface area contributed by atoms with Crippen molar-refractivity contribution in [3.63, 3.8) is 0 Å². The van der Waals surface area contributed by atoms with Gasteiger partial charge in [-0.05, 0) is 29.8 Å². The number of hydrogen-bond donors (Lipinski definition) is 0. The molecule has 6 aromatic rings. The van der Waals surface area contributed by atoms with Gasteiger partial charge in [-0.3, -0.25) is 0 Å². The monoisotopic (exact) mass is 385 g/mol. The lowest BCUT2D eigenvalue weighted by Gasteiger charge is -2.02. The van der Waals surface area contributed by atoms with Gasteiger partial charge in [-0.1, -0.05) is 78.6 Å². The second-order valence-electron chi connectivity index (χ2n) is 7.58. The van der Waals surface area contributed by atoms with Gasteiger partial charge in [0.2, 0.25) is 0 Å². The zero-order chi connectivity index (χ0) is 19.9. The minimum absolute atomic E-state index is 0.665. The van der Waals surface area contributed by atoms with Crippen LogP contribution in [0.1, 0.15) is 5.56 Å². The van der Waals surface area contributed by atoms with Crippen molar-refractivity contribution >= 4 is 43.7 Å². The minimum Gasteiger partial charge on any atom is -0.456 e. The Morgan fingerprint density at radius 3 is 2.27 bits per heavy atom. The zero-order valence-corrected chi connectivity index (χ0v) is 16.4. The Kier molecular flexibility index (Phi) is 3.86. The molecule has 0 fully saturated rings. The van der Waals surface area contributed by atoms with E-state index in [-0.39, 0.29) is 0 Å². The molecule has 2 heteroatoms. The first-order valence-electron chi connectivity index (χ1n) is 10.2. The van der Waals surface area contributed by atoms with Crippen LogP contribution < -0.4 is 0 Å². The van der Waals surface area contributed by atoms with Crippen LogP contribution in [0.3, 0.4) is 0 Å². The quantitative estimate of drug-likeness (QED) is 0.295. The van der Waals surface area contributed by atoms with Gasteiger partial charge in [-0.2, -0.15) is 0 Å². The van der Waals surface area contributed by atoms with E-state index in [4.69, 9.17) is 4.42 Å². The molecule has 0 amide bonds. The Morgan fingerprint density at radius 2 is 1.37 bits per heavy atom. The Bertz CT molecular complexity index is 1590. The number of fused-ring (bicyclic) bond motifs is 6. The van der Waals surface area contributed by atoms with Gasteiger partial charge in [0, 0.05) is 33.5 Å². The molecule has 0 radical (unpaired) electrons. The van der Waals surface area contributed by atoms with Crippen LogP contribution in [0.4, 0.5) is 0 Å². The van der Waals surface area contributed by atoms with E-state index in [1.54, 1.807) is 0 Å². The van der Waals surface area contributed by atoms with Crippen LogP contribution >= 0.6 is 0 Å². The lowest BCUT2D eigenvalue weighted by atomic mass is 10.1. The molecule has 2 heterocycles. The number of nitrogens with zero attached hydrogens (tertiary/aromatic N) is 1. The predicted octanol–water partition coefficient (Wildman–Crippen LogP) is 6.94. The maximum Gasteiger partial charge on any atom is 0.136 e. The molecule has 0 spiro atoms. The number of furan rings is 1. The highest BCUT2D eigenvalue weighted by molar-refractivity contribution is 6.16. The molecule has 30 heavy (non-hydrogen) atoms. The van der Waals surface area contributed by atoms with E-state index in [2.05, 4.69) is 89.2 Å². The summed E-state index contributed by atoms with van der Waals surface area (Å²) >= 11 is 0. The summed E-state index contributed by atoms with van der Waals surface area (Å²) in [6.07, 6.45) is 0.772. The van der Waals surface area contributed by atoms with Crippen molar-refractivity contribution < 1.29 is 4.42 Å². The molecule has 2 nitrogen and oxygen atoms in total. The first-order valence-corrected chi connectivity index (χ1v) is 10.2. The summed E-state index contributed by atoms with van der Waals surface area (Å²) in [5, 5.41) is 4.75. The first-order chi connectivity index (χ1) is 14.9. The summed E-state index contributed by atoms with van der Waals surface area (Å²) < 4.78 is 8.45. The Labute approximate surface area is 174 Å². The standard InChI is InChI=1S/C28H19NO/c1-2-10-20(11-3-1)12-8-9-17-29-25-15-6-4-13-21(25)23-19-28-24(18-26(23)29)22-14-5-7-16-27(22)30-28/h1-7,10-11,13-16,18-19H,12,17H2. The molecule has 0 saturated heterocycles. The van der Waals surface area contributed by atoms with Crippen molar-refractivity contribution in [2.75, 3.05) is 0 Å². The second kappa shape index (κ2) is 6.83. The Balaban J connectivity index is 1.51. The lowest BCUT2D eigenvalue weighted by Crippen LogP contribution is -1.95. The average Bonchev–Trinajstić information content (AvgIpc) is 3.31. The van der Waals surface area contributed by atoms with Gasteiger partial charge in [-0.25, -0.2) is 0 Å². The van der Waals surface area contributed by atoms with Crippen molar-refractivity contribution in [2.45, 2.75) is 13.0 Å². The first kappa shape index (κ1) is 16.9. The SMILES string of the molecule is C(#CCn1c2ccccc2c2cc3oc4ccccc4c3cc21)Cc1ccccc1. The van der Waals surface area contributed by atoms with E-state index >= 15 is 0 Å². The number of benzene rings is 4. The van der Waals surface area contributed by atoms with Crippen molar-refractivity contribution in [3.8, 4) is 11.8 Å². The van der Waals surface area contributed by atoms with E-state index in [1.165, 1.54) is 27.4 Å². The van der Waals surface area contributed by atoms with Gasteiger partial charge in [0.1, 0.15) is 11.2 Å². The highest BCUT2D eigenvalue weighted by atomic mass is 16.3. The van der Waals surface area contributed by atoms with E-state index in [9.17, 15) is 0 Å². The van der Waals surface area contributed by atoms with E-state index in [1.807, 2.05) is 18.2 Å². The topological polar surface area (TPSA) is 18.1 Å². The van der Waals surface area contributed by atoms with Crippen molar-refractivity contribution in [1.29, 1.82) is 0 Å². The maximum absolute atomic E-state index is 6.13. The number of hydrogen-bond acceptors (Lipinski definition) is 1. The molecule has 0 unspecified atom stereocenters. The molecule has 0 aliphatic heterocycles. The summed E-state index contributed by atoms with van der Waals surface area (Å²) in [4.78, 5) is 0. The van der Waals surface area contributed by atoms with Crippen molar-refractivity contribution in [3.05, 3.63) is 96.6 Å². The molecular formula is C28H19NO. The molecule has 4 aromatic carbocycles. The maximum atomic E-state index is 6.13. The minimum atomic E-state index is 0.665. The number of rotatable bonds is 2. The van der Waals surface area contributed by atoms with Crippen LogP contribution in [0.5, 0.6) is 0 Å². The molecule has 0 atom stereocenters. The van der Waals surface area contributed by atoms with E-state index in [0.717, 1.165) is 28.4 Å². The fraction of sp³-hybridized carbons (Fsp3) is 0.0714. The van der Waals surface area contributed by atoms with Gasteiger partial charge >= 0.3 is 0 Å². The van der Waals surface area contributed by atoms with Gasteiger partial charge in [0.15, 0.2) is 0 Å². The van der Waals surface area contributed by atoms with Gasteiger partial charge in [0.25, 0.3) is 0 Å². The zero-order valence-electron chi connectivity index (χ0n) is 16.4. The Hall–Kier alpha value is -3.96. The van der Waals surface area contributed by atoms with Gasteiger partial charge in [0.05, 0.1) is 12.1 Å². The van der Waals surface area contributed by atoms with Crippen LogP contribution in [-0.2, 0) is 13.0 Å². The third kappa shape index (κ3) is 2.68. The van der Waals surface area contributed by atoms with E-state index < -0.39 is 0 Å². The third-order valence-corrected chi connectivity index (χ3v) is 5.77. The molecule has 2 aromatic heterocycles. The van der Waals surface area contributed by atoms with Crippen LogP contribution in [0.25, 0.3) is 43.7 Å². The molecule has 142 valence electrons. The largest absolute Gasteiger partial charge is 0.456 e. The molecule has 6 rings (SSSR count). The summed E-state index contributed by atoms with van der Waals surface area (Å²) in [5.41, 5.74) is 5.52. The highest BCUT2D eigenvalue weighted by Crippen LogP contribution is 2.36. The number of para-hydroxylation sites is 2. The fourth-order valence-electron chi connectivity index (χ4n) is 4.33. The van der Waals surface area contributed by atoms with E-state index in [0.29, 0.717) is 6.54 Å². The Morgan fingerprint density at radius 1 is 0.600 bits per heavy atom. The van der Waals surface area contributed by atoms with Crippen molar-refractivity contribution in [1.82, 2.24) is 4.57 Å². The molecule has 0 aliphatic carbocycles. The van der Waals surface area contributed by atoms with Gasteiger partial charge in [-0.15, -0.1) is 0 Å². The predicted molar refractivity (Wildman–Crippen MR) is 125 cm³/mol. The van der Waals surface area contributed by atoms with Crippen LogP contribution in [0, 0.1) is 11.8 Å². The normalized spacial score (nSPS) is 11.3. The highest BCUT2D eigenvalue weighted by Gasteiger charge is 2.14. The van der Waals surface area contributed by atoms with Crippen LogP contribution in [0.15, 0.2) is 95.4 Å². The summed E-state index contributed by atoms with van der Waals surface area (Å²) in [7, 11) is 0. The van der Waals surface area contributed by atoms with Crippen LogP contribution in [0.2, 0.25) is 0 Å². The second-order valence-corrected chi connectivity index (χ2v) is 7.58. The number of aromatic nitrogens is 1. The molecule has 0 bridgehead atoms. The van der Waals surface area contributed by atoms with Crippen molar-refractivity contribution in [2.24, 2.45) is 0 Å². The smallest absolute Gasteiger partial charge is 0.136 e. The lowest BCUT2D eigenvalue weighted by molar-refractivity contribution is 0.669.